The molecule has 0 saturated carbocycles. The lowest BCUT2D eigenvalue weighted by atomic mass is 9.69. The van der Waals surface area contributed by atoms with Crippen LogP contribution in [-0.4, -0.2) is 0 Å². The second kappa shape index (κ2) is 15.1. The zero-order valence-corrected chi connectivity index (χ0v) is 37.5. The fourth-order valence-corrected chi connectivity index (χ4v) is 10.4. The van der Waals surface area contributed by atoms with Gasteiger partial charge >= 0.3 is 0 Å². The lowest BCUT2D eigenvalue weighted by Gasteiger charge is -2.36. The third-order valence-electron chi connectivity index (χ3n) is 13.2. The summed E-state index contributed by atoms with van der Waals surface area (Å²) in [6.45, 7) is 26.9. The van der Waals surface area contributed by atoms with Crippen molar-refractivity contribution in [2.45, 2.75) is 74.7 Å². The van der Waals surface area contributed by atoms with Gasteiger partial charge < -0.3 is 9.80 Å². The minimum absolute atomic E-state index is 0.587. The predicted octanol–water partition coefficient (Wildman–Crippen LogP) is 16.0. The summed E-state index contributed by atoms with van der Waals surface area (Å²) < 4.78 is 0. The van der Waals surface area contributed by atoms with E-state index in [0.717, 1.165) is 28.3 Å². The van der Waals surface area contributed by atoms with Crippen molar-refractivity contribution in [3.05, 3.63) is 236 Å². The van der Waals surface area contributed by atoms with Gasteiger partial charge in [0.05, 0.1) is 5.41 Å². The first-order valence-electron chi connectivity index (χ1n) is 21.6. The molecule has 2 aliphatic carbocycles. The number of fused-ring (bicyclic) bond motifs is 7. The molecule has 2 nitrogen and oxygen atoms in total. The highest BCUT2D eigenvalue weighted by Gasteiger charge is 2.52. The van der Waals surface area contributed by atoms with Crippen molar-refractivity contribution in [3.63, 3.8) is 0 Å². The monoisotopic (exact) mass is 792 g/mol. The molecule has 0 atom stereocenters. The highest BCUT2D eigenvalue weighted by atomic mass is 15.2. The van der Waals surface area contributed by atoms with Crippen LogP contribution in [0.15, 0.2) is 169 Å². The van der Waals surface area contributed by atoms with E-state index >= 15 is 0 Å². The molecule has 61 heavy (non-hydrogen) atoms. The Kier molecular flexibility index (Phi) is 9.87. The number of nitrogens with zero attached hydrogens (tertiary/aromatic N) is 2. The van der Waals surface area contributed by atoms with Crippen LogP contribution >= 0.6 is 0 Å². The average molecular weight is 793 g/mol. The van der Waals surface area contributed by atoms with Crippen molar-refractivity contribution < 1.29 is 0 Å². The molecule has 0 amide bonds. The highest BCUT2D eigenvalue weighted by molar-refractivity contribution is 5.97. The van der Waals surface area contributed by atoms with Crippen molar-refractivity contribution >= 4 is 34.0 Å². The molecule has 0 radical (unpaired) electrons. The molecule has 7 aromatic rings. The molecule has 0 heterocycles. The van der Waals surface area contributed by atoms with E-state index in [2.05, 4.69) is 225 Å². The third-order valence-corrected chi connectivity index (χ3v) is 13.2. The number of allylic oxidation sites excluding steroid dienone is 4. The molecular formula is C59H56N2. The summed E-state index contributed by atoms with van der Waals surface area (Å²) in [5.74, 6) is 0. The molecule has 9 rings (SSSR count). The summed E-state index contributed by atoms with van der Waals surface area (Å²) in [6, 6.07) is 52.7. The zero-order chi connectivity index (χ0) is 42.9. The molecule has 302 valence electrons. The second-order valence-corrected chi connectivity index (χ2v) is 17.8. The van der Waals surface area contributed by atoms with Crippen molar-refractivity contribution in [3.8, 4) is 11.1 Å². The maximum absolute atomic E-state index is 4.74. The number of rotatable bonds is 8. The molecule has 0 unspecified atom stereocenters. The molecule has 2 aliphatic rings. The summed E-state index contributed by atoms with van der Waals surface area (Å²) in [5, 5.41) is 0. The second-order valence-electron chi connectivity index (χ2n) is 17.8. The fourth-order valence-electron chi connectivity index (χ4n) is 10.4. The van der Waals surface area contributed by atoms with Gasteiger partial charge in [-0.25, -0.2) is 0 Å². The van der Waals surface area contributed by atoms with Crippen LogP contribution in [0.25, 0.3) is 16.7 Å². The van der Waals surface area contributed by atoms with E-state index in [1.807, 2.05) is 0 Å². The van der Waals surface area contributed by atoms with E-state index in [1.54, 1.807) is 0 Å². The number of benzene rings is 7. The summed E-state index contributed by atoms with van der Waals surface area (Å²) in [5.41, 5.74) is 27.6. The molecular weight excluding hydrogens is 737 g/mol. The molecule has 7 aromatic carbocycles. The first-order valence-corrected chi connectivity index (χ1v) is 21.6. The van der Waals surface area contributed by atoms with E-state index in [1.165, 1.54) is 100 Å². The van der Waals surface area contributed by atoms with Gasteiger partial charge in [-0.1, -0.05) is 132 Å². The van der Waals surface area contributed by atoms with Gasteiger partial charge in [-0.3, -0.25) is 0 Å². The predicted molar refractivity (Wildman–Crippen MR) is 261 cm³/mol. The van der Waals surface area contributed by atoms with Crippen molar-refractivity contribution in [1.82, 2.24) is 0 Å². The van der Waals surface area contributed by atoms with Gasteiger partial charge in [0, 0.05) is 34.1 Å². The Morgan fingerprint density at radius 2 is 0.885 bits per heavy atom. The maximum atomic E-state index is 4.74. The van der Waals surface area contributed by atoms with E-state index in [-0.39, 0.29) is 0 Å². The van der Waals surface area contributed by atoms with Gasteiger partial charge in [0.1, 0.15) is 0 Å². The minimum Gasteiger partial charge on any atom is -0.310 e. The number of hydrogen-bond acceptors (Lipinski definition) is 2. The molecule has 0 fully saturated rings. The minimum atomic E-state index is -0.587. The Hall–Kier alpha value is -6.64. The van der Waals surface area contributed by atoms with Crippen LogP contribution in [0.3, 0.4) is 0 Å². The Bertz CT molecular complexity index is 2860. The number of anilines is 5. The zero-order valence-electron chi connectivity index (χ0n) is 37.5. The highest BCUT2D eigenvalue weighted by Crippen LogP contribution is 2.63. The van der Waals surface area contributed by atoms with Crippen LogP contribution < -0.4 is 9.80 Å². The SMILES string of the molecule is C=C(C)C(=CC1=C(C)c2ccc(N(c3ccc(C)cc3C)c3ccc(C)cc3C)cc2C12c1ccccc1-c1ccccc12)N(c1ccc(C)cc1C)c1ccc(C)cc1C. The smallest absolute Gasteiger partial charge is 0.0723 e. The van der Waals surface area contributed by atoms with E-state index in [9.17, 15) is 0 Å². The lowest BCUT2D eigenvalue weighted by Crippen LogP contribution is -2.28. The van der Waals surface area contributed by atoms with Gasteiger partial charge in [-0.2, -0.15) is 0 Å². The average Bonchev–Trinajstić information content (AvgIpc) is 3.65. The normalized spacial score (nSPS) is 13.6. The molecule has 0 saturated heterocycles. The summed E-state index contributed by atoms with van der Waals surface area (Å²) in [4.78, 5) is 4.94. The molecule has 0 aliphatic heterocycles. The van der Waals surface area contributed by atoms with Crippen LogP contribution in [-0.2, 0) is 5.41 Å². The van der Waals surface area contributed by atoms with Crippen LogP contribution in [0.1, 0.15) is 80.6 Å². The molecule has 1 spiro atoms. The lowest BCUT2D eigenvalue weighted by molar-refractivity contribution is 0.783. The summed E-state index contributed by atoms with van der Waals surface area (Å²) in [6.07, 6.45) is 2.49. The standard InChI is InChI=1S/C59H56N2/c1-36(2)58(61(56-28-22-39(5)32-43(56)9)57-29-23-40(6)33-44(57)10)35-52-45(11)47-25-24-46(60(54-26-20-37(3)30-41(54)7)55-27-21-38(4)31-42(55)8)34-53(47)59(52)50-18-14-12-16-48(50)49-17-13-15-19-51(49)59/h12-35H,1H2,2-11H3. The van der Waals surface area contributed by atoms with Gasteiger partial charge in [0.15, 0.2) is 0 Å². The van der Waals surface area contributed by atoms with Crippen molar-refractivity contribution in [2.24, 2.45) is 0 Å². The van der Waals surface area contributed by atoms with Crippen molar-refractivity contribution in [1.29, 1.82) is 0 Å². The Morgan fingerprint density at radius 3 is 1.31 bits per heavy atom. The van der Waals surface area contributed by atoms with Gasteiger partial charge in [0.2, 0.25) is 0 Å². The fraction of sp³-hybridized carbons (Fsp3) is 0.186. The maximum Gasteiger partial charge on any atom is 0.0723 e. The van der Waals surface area contributed by atoms with Crippen LogP contribution in [0.4, 0.5) is 28.4 Å². The quantitative estimate of drug-likeness (QED) is 0.141. The number of hydrogen-bond donors (Lipinski definition) is 0. The van der Waals surface area contributed by atoms with Gasteiger partial charge in [-0.05, 0) is 184 Å². The van der Waals surface area contributed by atoms with Crippen LogP contribution in [0.5, 0.6) is 0 Å². The van der Waals surface area contributed by atoms with E-state index in [0.29, 0.717) is 0 Å². The van der Waals surface area contributed by atoms with Crippen LogP contribution in [0, 0.1) is 55.4 Å². The van der Waals surface area contributed by atoms with E-state index in [4.69, 9.17) is 6.58 Å². The Labute approximate surface area is 363 Å². The number of aryl methyl sites for hydroxylation is 8. The Balaban J connectivity index is 1.36. The van der Waals surface area contributed by atoms with Crippen molar-refractivity contribution in [2.75, 3.05) is 9.80 Å². The Morgan fingerprint density at radius 1 is 0.459 bits per heavy atom. The molecule has 2 heteroatoms. The largest absolute Gasteiger partial charge is 0.310 e. The van der Waals surface area contributed by atoms with E-state index < -0.39 is 5.41 Å². The van der Waals surface area contributed by atoms with Gasteiger partial charge in [-0.15, -0.1) is 0 Å². The van der Waals surface area contributed by atoms with Crippen LogP contribution in [0.2, 0.25) is 0 Å². The molecule has 0 bridgehead atoms. The van der Waals surface area contributed by atoms with Gasteiger partial charge in [0.25, 0.3) is 0 Å². The first kappa shape index (κ1) is 39.8. The molecule has 0 N–H and O–H groups in total. The summed E-state index contributed by atoms with van der Waals surface area (Å²) >= 11 is 0. The molecule has 0 aromatic heterocycles. The third kappa shape index (κ3) is 6.39. The topological polar surface area (TPSA) is 6.48 Å². The summed E-state index contributed by atoms with van der Waals surface area (Å²) in [7, 11) is 0. The first-order chi connectivity index (χ1) is 29.3.